The lowest BCUT2D eigenvalue weighted by Crippen LogP contribution is -2.46. The van der Waals surface area contributed by atoms with Gasteiger partial charge in [0.1, 0.15) is 19.0 Å². The standard InChI is InChI=1S/C22H24N6O3/c23-21-24-20(16-2-1-3-17(29)13-16)25-22(26-21)28-8-6-27(7-9-28)14-15-4-5-18-19(12-15)31-11-10-30-18/h1-5,12-13,29H,6-11,14H2,(H2,23,24,25,26). The third-order valence-corrected chi connectivity index (χ3v) is 5.41. The molecule has 2 aliphatic heterocycles. The fourth-order valence-corrected chi connectivity index (χ4v) is 3.85. The Morgan fingerprint density at radius 3 is 2.52 bits per heavy atom. The van der Waals surface area contributed by atoms with Crippen LogP contribution in [0.1, 0.15) is 5.56 Å². The van der Waals surface area contributed by atoms with Crippen molar-refractivity contribution in [3.05, 3.63) is 48.0 Å². The van der Waals surface area contributed by atoms with Gasteiger partial charge in [0, 0.05) is 38.3 Å². The third-order valence-electron chi connectivity index (χ3n) is 5.41. The lowest BCUT2D eigenvalue weighted by molar-refractivity contribution is 0.171. The van der Waals surface area contributed by atoms with Gasteiger partial charge in [0.25, 0.3) is 0 Å². The van der Waals surface area contributed by atoms with Crippen LogP contribution in [0.25, 0.3) is 11.4 Å². The van der Waals surface area contributed by atoms with Gasteiger partial charge in [0.05, 0.1) is 0 Å². The van der Waals surface area contributed by atoms with E-state index in [0.29, 0.717) is 30.5 Å². The number of nitrogens with two attached hydrogens (primary N) is 1. The number of hydrogen-bond acceptors (Lipinski definition) is 9. The second kappa shape index (κ2) is 8.27. The predicted octanol–water partition coefficient (Wildman–Crippen LogP) is 1.92. The van der Waals surface area contributed by atoms with Crippen molar-refractivity contribution in [2.75, 3.05) is 50.0 Å². The molecule has 0 spiro atoms. The Hall–Kier alpha value is -3.59. The van der Waals surface area contributed by atoms with Crippen LogP contribution in [0.4, 0.5) is 11.9 Å². The molecular weight excluding hydrogens is 396 g/mol. The normalized spacial score (nSPS) is 16.3. The lowest BCUT2D eigenvalue weighted by atomic mass is 10.1. The van der Waals surface area contributed by atoms with E-state index < -0.39 is 0 Å². The number of rotatable bonds is 4. The Labute approximate surface area is 180 Å². The molecule has 2 aromatic carbocycles. The van der Waals surface area contributed by atoms with Crippen molar-refractivity contribution in [1.82, 2.24) is 19.9 Å². The van der Waals surface area contributed by atoms with E-state index in [9.17, 15) is 5.11 Å². The van der Waals surface area contributed by atoms with Crippen LogP contribution in [-0.4, -0.2) is 64.4 Å². The first kappa shape index (κ1) is 19.4. The van der Waals surface area contributed by atoms with E-state index in [1.54, 1.807) is 18.2 Å². The topological polar surface area (TPSA) is 110 Å². The predicted molar refractivity (Wildman–Crippen MR) is 116 cm³/mol. The summed E-state index contributed by atoms with van der Waals surface area (Å²) in [7, 11) is 0. The number of aromatic nitrogens is 3. The fourth-order valence-electron chi connectivity index (χ4n) is 3.85. The second-order valence-corrected chi connectivity index (χ2v) is 7.61. The zero-order valence-corrected chi connectivity index (χ0v) is 17.1. The molecule has 0 radical (unpaired) electrons. The fraction of sp³-hybridized carbons (Fsp3) is 0.318. The summed E-state index contributed by atoms with van der Waals surface area (Å²) < 4.78 is 11.3. The minimum atomic E-state index is 0.158. The smallest absolute Gasteiger partial charge is 0.230 e. The Kier molecular flexibility index (Phi) is 5.17. The minimum Gasteiger partial charge on any atom is -0.508 e. The molecule has 160 valence electrons. The Bertz CT molecular complexity index is 1080. The number of phenolic OH excluding ortho intramolecular Hbond substituents is 1. The van der Waals surface area contributed by atoms with Gasteiger partial charge in [-0.1, -0.05) is 18.2 Å². The highest BCUT2D eigenvalue weighted by Gasteiger charge is 2.21. The first-order valence-electron chi connectivity index (χ1n) is 10.3. The van der Waals surface area contributed by atoms with E-state index in [1.807, 2.05) is 12.1 Å². The summed E-state index contributed by atoms with van der Waals surface area (Å²) in [5.74, 6) is 2.98. The molecular formula is C22H24N6O3. The van der Waals surface area contributed by atoms with Crippen LogP contribution in [0.5, 0.6) is 17.2 Å². The number of nitrogen functional groups attached to an aromatic ring is 1. The molecule has 9 heteroatoms. The highest BCUT2D eigenvalue weighted by atomic mass is 16.6. The molecule has 3 heterocycles. The Morgan fingerprint density at radius 2 is 1.71 bits per heavy atom. The molecule has 3 aromatic rings. The molecule has 1 aromatic heterocycles. The average Bonchev–Trinajstić information content (AvgIpc) is 2.79. The molecule has 0 aliphatic carbocycles. The molecule has 1 saturated heterocycles. The van der Waals surface area contributed by atoms with Crippen molar-refractivity contribution < 1.29 is 14.6 Å². The van der Waals surface area contributed by atoms with Crippen LogP contribution in [0.15, 0.2) is 42.5 Å². The van der Waals surface area contributed by atoms with Crippen molar-refractivity contribution >= 4 is 11.9 Å². The summed E-state index contributed by atoms with van der Waals surface area (Å²) in [6, 6.07) is 12.9. The minimum absolute atomic E-state index is 0.158. The quantitative estimate of drug-likeness (QED) is 0.654. The highest BCUT2D eigenvalue weighted by molar-refractivity contribution is 5.59. The number of piperazine rings is 1. The molecule has 0 amide bonds. The van der Waals surface area contributed by atoms with Crippen molar-refractivity contribution in [3.8, 4) is 28.6 Å². The van der Waals surface area contributed by atoms with E-state index in [-0.39, 0.29) is 11.7 Å². The summed E-state index contributed by atoms with van der Waals surface area (Å²) >= 11 is 0. The van der Waals surface area contributed by atoms with Gasteiger partial charge in [0.15, 0.2) is 17.3 Å². The van der Waals surface area contributed by atoms with Gasteiger partial charge in [-0.05, 0) is 29.8 Å². The summed E-state index contributed by atoms with van der Waals surface area (Å²) in [6.07, 6.45) is 0. The highest BCUT2D eigenvalue weighted by Crippen LogP contribution is 2.31. The molecule has 0 unspecified atom stereocenters. The number of fused-ring (bicyclic) bond motifs is 1. The monoisotopic (exact) mass is 420 g/mol. The maximum Gasteiger partial charge on any atom is 0.230 e. The summed E-state index contributed by atoms with van der Waals surface area (Å²) in [6.45, 7) is 5.36. The summed E-state index contributed by atoms with van der Waals surface area (Å²) in [5.41, 5.74) is 7.85. The van der Waals surface area contributed by atoms with Gasteiger partial charge in [-0.25, -0.2) is 0 Å². The molecule has 0 saturated carbocycles. The average molecular weight is 420 g/mol. The number of benzene rings is 2. The van der Waals surface area contributed by atoms with Crippen LogP contribution in [0.3, 0.4) is 0 Å². The molecule has 3 N–H and O–H groups in total. The number of ether oxygens (including phenoxy) is 2. The number of aromatic hydroxyl groups is 1. The zero-order valence-electron chi connectivity index (χ0n) is 17.1. The Morgan fingerprint density at radius 1 is 0.903 bits per heavy atom. The van der Waals surface area contributed by atoms with E-state index >= 15 is 0 Å². The number of phenols is 1. The van der Waals surface area contributed by atoms with Crippen LogP contribution in [-0.2, 0) is 6.54 Å². The third kappa shape index (κ3) is 4.31. The molecule has 1 fully saturated rings. The van der Waals surface area contributed by atoms with Crippen LogP contribution < -0.4 is 20.1 Å². The number of nitrogens with zero attached hydrogens (tertiary/aromatic N) is 5. The molecule has 2 aliphatic rings. The molecule has 5 rings (SSSR count). The van der Waals surface area contributed by atoms with Gasteiger partial charge in [-0.2, -0.15) is 15.0 Å². The Balaban J connectivity index is 1.25. The molecule has 0 atom stereocenters. The molecule has 9 nitrogen and oxygen atoms in total. The van der Waals surface area contributed by atoms with Gasteiger partial charge in [0.2, 0.25) is 11.9 Å². The number of hydrogen-bond donors (Lipinski definition) is 2. The van der Waals surface area contributed by atoms with Crippen LogP contribution >= 0.6 is 0 Å². The van der Waals surface area contributed by atoms with Crippen molar-refractivity contribution in [2.24, 2.45) is 0 Å². The van der Waals surface area contributed by atoms with Crippen molar-refractivity contribution in [1.29, 1.82) is 0 Å². The van der Waals surface area contributed by atoms with Crippen molar-refractivity contribution in [2.45, 2.75) is 6.54 Å². The van der Waals surface area contributed by atoms with Crippen molar-refractivity contribution in [3.63, 3.8) is 0 Å². The van der Waals surface area contributed by atoms with Gasteiger partial charge in [-0.3, -0.25) is 4.90 Å². The summed E-state index contributed by atoms with van der Waals surface area (Å²) in [4.78, 5) is 17.7. The van der Waals surface area contributed by atoms with E-state index in [4.69, 9.17) is 15.2 Å². The SMILES string of the molecule is Nc1nc(-c2cccc(O)c2)nc(N2CCN(Cc3ccc4c(c3)OCCO4)CC2)n1. The largest absolute Gasteiger partial charge is 0.508 e. The first-order valence-corrected chi connectivity index (χ1v) is 10.3. The van der Waals surface area contributed by atoms with Crippen LogP contribution in [0, 0.1) is 0 Å². The number of anilines is 2. The maximum atomic E-state index is 9.74. The second-order valence-electron chi connectivity index (χ2n) is 7.61. The van der Waals surface area contributed by atoms with Gasteiger partial charge < -0.3 is 25.2 Å². The molecule has 0 bridgehead atoms. The van der Waals surface area contributed by atoms with E-state index in [2.05, 4.69) is 36.9 Å². The molecule has 31 heavy (non-hydrogen) atoms. The maximum absolute atomic E-state index is 9.74. The van der Waals surface area contributed by atoms with E-state index in [0.717, 1.165) is 44.2 Å². The summed E-state index contributed by atoms with van der Waals surface area (Å²) in [5, 5.41) is 9.74. The van der Waals surface area contributed by atoms with Gasteiger partial charge >= 0.3 is 0 Å². The first-order chi connectivity index (χ1) is 15.1. The lowest BCUT2D eigenvalue weighted by Gasteiger charge is -2.35. The van der Waals surface area contributed by atoms with Crippen LogP contribution in [0.2, 0.25) is 0 Å². The van der Waals surface area contributed by atoms with E-state index in [1.165, 1.54) is 5.56 Å². The van der Waals surface area contributed by atoms with Gasteiger partial charge in [-0.15, -0.1) is 0 Å². The zero-order chi connectivity index (χ0) is 21.2.